The lowest BCUT2D eigenvalue weighted by atomic mass is 9.33. The minimum atomic E-state index is -0.0298. The summed E-state index contributed by atoms with van der Waals surface area (Å²) in [6.45, 7) is 28.6. The lowest BCUT2D eigenvalue weighted by Crippen LogP contribution is -2.61. The van der Waals surface area contributed by atoms with Gasteiger partial charge in [0, 0.05) is 33.0 Å². The fourth-order valence-electron chi connectivity index (χ4n) is 11.4. The highest BCUT2D eigenvalue weighted by atomic mass is 32.1. The molecule has 8 aromatic rings. The van der Waals surface area contributed by atoms with Crippen LogP contribution in [0.5, 0.6) is 0 Å². The lowest BCUT2D eigenvalue weighted by Gasteiger charge is -2.47. The maximum Gasteiger partial charge on any atom is 0.254 e. The minimum absolute atomic E-state index is 0.0130. The second kappa shape index (κ2) is 15.5. The van der Waals surface area contributed by atoms with Gasteiger partial charge in [0.15, 0.2) is 0 Å². The molecule has 7 aromatic carbocycles. The topological polar surface area (TPSA) is 6.48 Å². The van der Waals surface area contributed by atoms with Crippen LogP contribution in [-0.2, 0) is 28.1 Å². The normalized spacial score (nSPS) is 15.8. The maximum absolute atomic E-state index is 4.74. The molecule has 0 atom stereocenters. The quantitative estimate of drug-likeness (QED) is 0.154. The van der Waals surface area contributed by atoms with Crippen LogP contribution in [0.1, 0.15) is 115 Å². The molecule has 0 amide bonds. The minimum Gasteiger partial charge on any atom is -0.311 e. The van der Waals surface area contributed by atoms with E-state index in [1.807, 2.05) is 11.3 Å². The van der Waals surface area contributed by atoms with Crippen LogP contribution >= 0.6 is 11.3 Å². The highest BCUT2D eigenvalue weighted by molar-refractivity contribution is 7.26. The molecule has 1 aromatic heterocycles. The average molecular weight is 891 g/mol. The van der Waals surface area contributed by atoms with E-state index in [4.69, 9.17) is 6.58 Å². The predicted molar refractivity (Wildman–Crippen MR) is 293 cm³/mol. The Bertz CT molecular complexity index is 3250. The van der Waals surface area contributed by atoms with Gasteiger partial charge in [-0.15, -0.1) is 11.3 Å². The molecule has 0 N–H and O–H groups in total. The van der Waals surface area contributed by atoms with Crippen LogP contribution in [0, 0.1) is 0 Å². The predicted octanol–water partition coefficient (Wildman–Crippen LogP) is 15.9. The SMILES string of the molecule is C=C(Cc1cc2c3c(c1)N(c1ccc(C(C)(C)C)cc1)c1sc4ccccc4c1B3c1cc3c(cc1N2c1ccc(C(C)(C)C)cc1-c1ccccc1)C(C)(C)CCC3(C)C)c1ccccc1. The Morgan fingerprint density at radius 3 is 1.82 bits per heavy atom. The van der Waals surface area contributed by atoms with E-state index in [9.17, 15) is 0 Å². The molecule has 334 valence electrons. The van der Waals surface area contributed by atoms with Gasteiger partial charge in [0.05, 0.1) is 10.7 Å². The van der Waals surface area contributed by atoms with E-state index in [2.05, 4.69) is 231 Å². The number of nitrogens with zero attached hydrogens (tertiary/aromatic N) is 2. The fraction of sp³-hybridized carbons (Fsp3) is 0.270. The highest BCUT2D eigenvalue weighted by Gasteiger charge is 2.48. The van der Waals surface area contributed by atoms with E-state index >= 15 is 0 Å². The summed E-state index contributed by atoms with van der Waals surface area (Å²) in [5, 5.41) is 2.65. The summed E-state index contributed by atoms with van der Waals surface area (Å²) >= 11 is 1.94. The van der Waals surface area contributed by atoms with Crippen LogP contribution in [0.25, 0.3) is 26.8 Å². The molecule has 0 radical (unpaired) electrons. The lowest BCUT2D eigenvalue weighted by molar-refractivity contribution is 0.332. The maximum atomic E-state index is 4.74. The number of benzene rings is 7. The summed E-state index contributed by atoms with van der Waals surface area (Å²) in [7, 11) is 0. The molecular weight excluding hydrogens is 828 g/mol. The standard InChI is InChI=1S/C63H63BN2S/c1-40(42-20-14-12-15-21-42)34-41-35-54-58-55(36-41)66(52-31-28-45(61(5,6)7)37-48(52)43-22-16-13-17-23-43)53-39-50-49(62(8,9)32-33-63(50,10)11)38-51(53)64(58)57-47-24-18-19-25-56(47)67-59(57)65(54)46-29-26-44(27-30-46)60(2,3)4/h12-31,35-39H,1,32-34H2,2-11H3. The Labute approximate surface area is 404 Å². The Morgan fingerprint density at radius 2 is 1.16 bits per heavy atom. The summed E-state index contributed by atoms with van der Waals surface area (Å²) < 4.78 is 1.32. The smallest absolute Gasteiger partial charge is 0.254 e. The van der Waals surface area contributed by atoms with E-state index in [0.717, 1.165) is 24.8 Å². The number of fused-ring (bicyclic) bond motifs is 7. The van der Waals surface area contributed by atoms with Crippen molar-refractivity contribution < 1.29 is 0 Å². The Kier molecular flexibility index (Phi) is 10.0. The van der Waals surface area contributed by atoms with Crippen molar-refractivity contribution in [2.45, 2.75) is 110 Å². The van der Waals surface area contributed by atoms with Crippen LogP contribution in [0.15, 0.2) is 158 Å². The first-order chi connectivity index (χ1) is 31.9. The van der Waals surface area contributed by atoms with Gasteiger partial charge in [-0.05, 0) is 156 Å². The van der Waals surface area contributed by atoms with Crippen LogP contribution in [0.4, 0.5) is 33.4 Å². The third-order valence-corrected chi connectivity index (χ3v) is 16.6. The number of anilines is 6. The molecule has 0 saturated carbocycles. The summed E-state index contributed by atoms with van der Waals surface area (Å²) in [5.74, 6) is 0. The molecule has 2 nitrogen and oxygen atoms in total. The highest BCUT2D eigenvalue weighted by Crippen LogP contribution is 2.53. The first-order valence-corrected chi connectivity index (χ1v) is 25.2. The third-order valence-electron chi connectivity index (χ3n) is 15.4. The molecule has 67 heavy (non-hydrogen) atoms. The number of thiophene rings is 1. The van der Waals surface area contributed by atoms with Crippen LogP contribution < -0.4 is 26.2 Å². The zero-order chi connectivity index (χ0) is 46.8. The summed E-state index contributed by atoms with van der Waals surface area (Å²) in [5.41, 5.74) is 22.1. The van der Waals surface area contributed by atoms with Crippen molar-refractivity contribution >= 4 is 83.5 Å². The van der Waals surface area contributed by atoms with Crippen molar-refractivity contribution in [1.82, 2.24) is 0 Å². The molecular formula is C63H63BN2S. The van der Waals surface area contributed by atoms with Gasteiger partial charge in [-0.1, -0.05) is 179 Å². The van der Waals surface area contributed by atoms with Gasteiger partial charge in [0.25, 0.3) is 6.71 Å². The van der Waals surface area contributed by atoms with Crippen molar-refractivity contribution in [2.24, 2.45) is 0 Å². The van der Waals surface area contributed by atoms with Gasteiger partial charge >= 0.3 is 0 Å². The van der Waals surface area contributed by atoms with E-state index in [1.165, 1.54) is 104 Å². The van der Waals surface area contributed by atoms with Crippen molar-refractivity contribution in [1.29, 1.82) is 0 Å². The monoisotopic (exact) mass is 890 g/mol. The van der Waals surface area contributed by atoms with Gasteiger partial charge < -0.3 is 9.80 Å². The summed E-state index contributed by atoms with van der Waals surface area (Å²) in [6, 6.07) is 58.1. The second-order valence-electron chi connectivity index (χ2n) is 23.0. The van der Waals surface area contributed by atoms with Gasteiger partial charge in [-0.2, -0.15) is 0 Å². The number of hydrogen-bond acceptors (Lipinski definition) is 3. The molecule has 4 heteroatoms. The fourth-order valence-corrected chi connectivity index (χ4v) is 12.7. The molecule has 2 aliphatic heterocycles. The average Bonchev–Trinajstić information content (AvgIpc) is 3.69. The van der Waals surface area contributed by atoms with Gasteiger partial charge in [-0.3, -0.25) is 0 Å². The first-order valence-electron chi connectivity index (χ1n) is 24.4. The van der Waals surface area contributed by atoms with Crippen molar-refractivity contribution in [2.75, 3.05) is 9.80 Å². The molecule has 0 saturated heterocycles. The van der Waals surface area contributed by atoms with Gasteiger partial charge in [0.2, 0.25) is 0 Å². The van der Waals surface area contributed by atoms with Crippen LogP contribution in [-0.4, -0.2) is 6.71 Å². The second-order valence-corrected chi connectivity index (χ2v) is 24.0. The molecule has 0 unspecified atom stereocenters. The zero-order valence-electron chi connectivity index (χ0n) is 41.1. The summed E-state index contributed by atoms with van der Waals surface area (Å²) in [4.78, 5) is 5.30. The van der Waals surface area contributed by atoms with Gasteiger partial charge in [-0.25, -0.2) is 0 Å². The van der Waals surface area contributed by atoms with E-state index in [0.29, 0.717) is 0 Å². The van der Waals surface area contributed by atoms with Crippen molar-refractivity contribution in [3.05, 3.63) is 192 Å². The largest absolute Gasteiger partial charge is 0.311 e. The van der Waals surface area contributed by atoms with E-state index < -0.39 is 0 Å². The van der Waals surface area contributed by atoms with Crippen molar-refractivity contribution in [3.8, 4) is 11.1 Å². The molecule has 3 aliphatic rings. The molecule has 0 spiro atoms. The molecule has 0 bridgehead atoms. The molecule has 3 heterocycles. The first kappa shape index (κ1) is 43.5. The Morgan fingerprint density at radius 1 is 0.582 bits per heavy atom. The van der Waals surface area contributed by atoms with Crippen LogP contribution in [0.2, 0.25) is 0 Å². The molecule has 1 aliphatic carbocycles. The van der Waals surface area contributed by atoms with E-state index in [-0.39, 0.29) is 28.4 Å². The van der Waals surface area contributed by atoms with Crippen LogP contribution in [0.3, 0.4) is 0 Å². The van der Waals surface area contributed by atoms with Gasteiger partial charge in [0.1, 0.15) is 0 Å². The number of hydrogen-bond donors (Lipinski definition) is 0. The Hall–Kier alpha value is -6.10. The summed E-state index contributed by atoms with van der Waals surface area (Å²) in [6.07, 6.45) is 3.04. The molecule has 11 rings (SSSR count). The number of rotatable bonds is 6. The number of allylic oxidation sites excluding steroid dienone is 1. The zero-order valence-corrected chi connectivity index (χ0v) is 42.0. The Balaban J connectivity index is 1.29. The van der Waals surface area contributed by atoms with E-state index in [1.54, 1.807) is 0 Å². The van der Waals surface area contributed by atoms with Crippen molar-refractivity contribution in [3.63, 3.8) is 0 Å². The molecule has 0 fully saturated rings. The third kappa shape index (κ3) is 7.21.